The Morgan fingerprint density at radius 3 is 2.33 bits per heavy atom. The SMILES string of the molecule is CSC(C(C)C)S(=O)Cc1ccccc1. The Hall–Kier alpha value is -0.280. The van der Waals surface area contributed by atoms with Crippen molar-refractivity contribution in [1.82, 2.24) is 0 Å². The molecule has 0 amide bonds. The Morgan fingerprint density at radius 1 is 1.27 bits per heavy atom. The second-order valence-electron chi connectivity index (χ2n) is 3.86. The fraction of sp³-hybridized carbons (Fsp3) is 0.500. The Morgan fingerprint density at radius 2 is 1.87 bits per heavy atom. The summed E-state index contributed by atoms with van der Waals surface area (Å²) in [4.78, 5) is 0. The van der Waals surface area contributed by atoms with Crippen LogP contribution in [-0.2, 0) is 16.6 Å². The zero-order chi connectivity index (χ0) is 11.3. The average Bonchev–Trinajstić information content (AvgIpc) is 2.19. The number of benzene rings is 1. The predicted molar refractivity (Wildman–Crippen MR) is 70.4 cm³/mol. The Kier molecular flexibility index (Phi) is 5.40. The molecule has 3 heteroatoms. The Bertz CT molecular complexity index is 309. The van der Waals surface area contributed by atoms with Crippen molar-refractivity contribution in [1.29, 1.82) is 0 Å². The molecule has 0 aliphatic rings. The topological polar surface area (TPSA) is 17.1 Å². The summed E-state index contributed by atoms with van der Waals surface area (Å²) in [6.45, 7) is 4.26. The van der Waals surface area contributed by atoms with Crippen LogP contribution in [-0.4, -0.2) is 15.0 Å². The fourth-order valence-electron chi connectivity index (χ4n) is 1.50. The van der Waals surface area contributed by atoms with E-state index in [0.717, 1.165) is 5.56 Å². The third-order valence-electron chi connectivity index (χ3n) is 2.19. The van der Waals surface area contributed by atoms with Gasteiger partial charge in [0.1, 0.15) is 0 Å². The fourth-order valence-corrected chi connectivity index (χ4v) is 4.40. The molecule has 1 aromatic carbocycles. The van der Waals surface area contributed by atoms with Gasteiger partial charge >= 0.3 is 0 Å². The summed E-state index contributed by atoms with van der Waals surface area (Å²) in [5, 5.41) is 0. The third kappa shape index (κ3) is 3.99. The van der Waals surface area contributed by atoms with Crippen LogP contribution in [0.2, 0.25) is 0 Å². The smallest absolute Gasteiger partial charge is 0.0824 e. The predicted octanol–water partition coefficient (Wildman–Crippen LogP) is 3.28. The molecule has 15 heavy (non-hydrogen) atoms. The van der Waals surface area contributed by atoms with Crippen molar-refractivity contribution >= 4 is 22.6 Å². The summed E-state index contributed by atoms with van der Waals surface area (Å²) in [5.74, 6) is 1.13. The molecule has 0 aromatic heterocycles. The van der Waals surface area contributed by atoms with E-state index in [9.17, 15) is 4.21 Å². The molecule has 0 aliphatic carbocycles. The lowest BCUT2D eigenvalue weighted by Gasteiger charge is -2.17. The van der Waals surface area contributed by atoms with E-state index in [4.69, 9.17) is 0 Å². The van der Waals surface area contributed by atoms with Crippen molar-refractivity contribution in [3.8, 4) is 0 Å². The molecule has 1 nitrogen and oxygen atoms in total. The van der Waals surface area contributed by atoms with Crippen LogP contribution < -0.4 is 0 Å². The molecule has 0 N–H and O–H groups in total. The maximum absolute atomic E-state index is 12.1. The molecular formula is C12H18OS2. The molecule has 0 fully saturated rings. The van der Waals surface area contributed by atoms with E-state index in [-0.39, 0.29) is 4.58 Å². The van der Waals surface area contributed by atoms with Crippen molar-refractivity contribution in [2.75, 3.05) is 6.26 Å². The van der Waals surface area contributed by atoms with Crippen LogP contribution >= 0.6 is 11.8 Å². The van der Waals surface area contributed by atoms with E-state index in [0.29, 0.717) is 11.7 Å². The Balaban J connectivity index is 2.62. The summed E-state index contributed by atoms with van der Waals surface area (Å²) in [7, 11) is -0.776. The number of hydrogen-bond acceptors (Lipinski definition) is 2. The second-order valence-corrected chi connectivity index (χ2v) is 6.69. The summed E-state index contributed by atoms with van der Waals surface area (Å²) in [5.41, 5.74) is 1.16. The minimum absolute atomic E-state index is 0.241. The molecule has 0 saturated carbocycles. The number of rotatable bonds is 5. The van der Waals surface area contributed by atoms with Crippen molar-refractivity contribution in [3.05, 3.63) is 35.9 Å². The lowest BCUT2D eigenvalue weighted by Crippen LogP contribution is -2.18. The van der Waals surface area contributed by atoms with Crippen molar-refractivity contribution in [2.45, 2.75) is 24.2 Å². The molecule has 0 radical (unpaired) electrons. The lowest BCUT2D eigenvalue weighted by atomic mass is 10.2. The van der Waals surface area contributed by atoms with Crippen molar-refractivity contribution in [3.63, 3.8) is 0 Å². The quantitative estimate of drug-likeness (QED) is 0.788. The second kappa shape index (κ2) is 6.33. The molecule has 2 atom stereocenters. The van der Waals surface area contributed by atoms with Crippen LogP contribution in [0.5, 0.6) is 0 Å². The summed E-state index contributed by atoms with van der Waals surface area (Å²) >= 11 is 1.71. The maximum atomic E-state index is 12.1. The van der Waals surface area contributed by atoms with Gasteiger partial charge in [-0.1, -0.05) is 44.2 Å². The minimum atomic E-state index is -0.776. The Labute approximate surface area is 99.1 Å². The van der Waals surface area contributed by atoms with Crippen LogP contribution in [0.1, 0.15) is 19.4 Å². The molecule has 0 spiro atoms. The van der Waals surface area contributed by atoms with Gasteiger partial charge in [0.25, 0.3) is 0 Å². The minimum Gasteiger partial charge on any atom is -0.258 e. The first kappa shape index (κ1) is 12.8. The first-order chi connectivity index (χ1) is 7.15. The van der Waals surface area contributed by atoms with Gasteiger partial charge in [0.15, 0.2) is 0 Å². The van der Waals surface area contributed by atoms with E-state index in [1.165, 1.54) is 0 Å². The lowest BCUT2D eigenvalue weighted by molar-refractivity contribution is 0.653. The van der Waals surface area contributed by atoms with Gasteiger partial charge in [0.05, 0.1) is 4.58 Å². The summed E-state index contributed by atoms with van der Waals surface area (Å²) < 4.78 is 12.3. The molecule has 0 saturated heterocycles. The molecule has 1 aromatic rings. The van der Waals surface area contributed by atoms with Crippen LogP contribution in [0, 0.1) is 5.92 Å². The molecule has 0 bridgehead atoms. The van der Waals surface area contributed by atoms with E-state index < -0.39 is 10.8 Å². The van der Waals surface area contributed by atoms with E-state index in [2.05, 4.69) is 13.8 Å². The number of thioether (sulfide) groups is 1. The van der Waals surface area contributed by atoms with E-state index in [1.807, 2.05) is 36.6 Å². The van der Waals surface area contributed by atoms with Gasteiger partial charge in [0, 0.05) is 16.6 Å². The van der Waals surface area contributed by atoms with E-state index >= 15 is 0 Å². The third-order valence-corrected chi connectivity index (χ3v) is 6.10. The molecule has 0 heterocycles. The number of hydrogen-bond donors (Lipinski definition) is 0. The molecule has 84 valence electrons. The molecule has 1 rings (SSSR count). The highest BCUT2D eigenvalue weighted by atomic mass is 32.2. The largest absolute Gasteiger partial charge is 0.258 e. The summed E-state index contributed by atoms with van der Waals surface area (Å²) in [6.07, 6.45) is 2.04. The van der Waals surface area contributed by atoms with Crippen molar-refractivity contribution in [2.24, 2.45) is 5.92 Å². The summed E-state index contributed by atoms with van der Waals surface area (Å²) in [6, 6.07) is 10.1. The van der Waals surface area contributed by atoms with Gasteiger partial charge in [-0.05, 0) is 17.7 Å². The molecule has 0 aliphatic heterocycles. The van der Waals surface area contributed by atoms with Crippen molar-refractivity contribution < 1.29 is 4.21 Å². The normalized spacial score (nSPS) is 15.2. The highest BCUT2D eigenvalue weighted by Gasteiger charge is 2.19. The van der Waals surface area contributed by atoms with Gasteiger partial charge in [-0.2, -0.15) is 0 Å². The van der Waals surface area contributed by atoms with Crippen LogP contribution in [0.4, 0.5) is 0 Å². The standard InChI is InChI=1S/C12H18OS2/c1-10(2)12(14-3)15(13)9-11-7-5-4-6-8-11/h4-8,10,12H,9H2,1-3H3. The van der Waals surface area contributed by atoms with Gasteiger partial charge in [-0.25, -0.2) is 0 Å². The monoisotopic (exact) mass is 242 g/mol. The first-order valence-electron chi connectivity index (χ1n) is 5.09. The van der Waals surface area contributed by atoms with Crippen LogP contribution in [0.15, 0.2) is 30.3 Å². The van der Waals surface area contributed by atoms with E-state index in [1.54, 1.807) is 11.8 Å². The van der Waals surface area contributed by atoms with Gasteiger partial charge in [-0.15, -0.1) is 11.8 Å². The van der Waals surface area contributed by atoms with Crippen LogP contribution in [0.25, 0.3) is 0 Å². The highest BCUT2D eigenvalue weighted by molar-refractivity contribution is 8.10. The van der Waals surface area contributed by atoms with Gasteiger partial charge in [0.2, 0.25) is 0 Å². The maximum Gasteiger partial charge on any atom is 0.0824 e. The highest BCUT2D eigenvalue weighted by Crippen LogP contribution is 2.22. The van der Waals surface area contributed by atoms with Crippen LogP contribution in [0.3, 0.4) is 0 Å². The average molecular weight is 242 g/mol. The van der Waals surface area contributed by atoms with Gasteiger partial charge < -0.3 is 0 Å². The molecule has 2 unspecified atom stereocenters. The molecular weight excluding hydrogens is 224 g/mol. The zero-order valence-electron chi connectivity index (χ0n) is 9.47. The first-order valence-corrected chi connectivity index (χ1v) is 7.76. The van der Waals surface area contributed by atoms with Gasteiger partial charge in [-0.3, -0.25) is 4.21 Å². The zero-order valence-corrected chi connectivity index (χ0v) is 11.1.